The van der Waals surface area contributed by atoms with E-state index in [1.54, 1.807) is 0 Å². The molecule has 0 amide bonds. The van der Waals surface area contributed by atoms with Crippen molar-refractivity contribution in [3.8, 4) is 5.75 Å². The van der Waals surface area contributed by atoms with Crippen LogP contribution in [0.5, 0.6) is 5.75 Å². The summed E-state index contributed by atoms with van der Waals surface area (Å²) < 4.78 is 10.9. The van der Waals surface area contributed by atoms with Gasteiger partial charge in [-0.05, 0) is 44.0 Å². The maximum absolute atomic E-state index is 5.68. The Kier molecular flexibility index (Phi) is 3.97. The normalized spacial score (nSPS) is 18.4. The van der Waals surface area contributed by atoms with Gasteiger partial charge >= 0.3 is 0 Å². The Morgan fingerprint density at radius 1 is 1.45 bits per heavy atom. The van der Waals surface area contributed by atoms with Crippen molar-refractivity contribution in [1.82, 2.24) is 15.5 Å². The minimum atomic E-state index is 0.255. The Morgan fingerprint density at radius 3 is 3.20 bits per heavy atom. The lowest BCUT2D eigenvalue weighted by molar-refractivity contribution is 0.291. The summed E-state index contributed by atoms with van der Waals surface area (Å²) in [6, 6.07) is 8.26. The zero-order valence-electron chi connectivity index (χ0n) is 11.6. The number of ether oxygens (including phenoxy) is 1. The first-order valence-corrected chi connectivity index (χ1v) is 7.06. The highest BCUT2D eigenvalue weighted by molar-refractivity contribution is 5.27. The molecular weight excluding hydrogens is 254 g/mol. The average Bonchev–Trinajstić information content (AvgIpc) is 3.09. The van der Waals surface area contributed by atoms with Gasteiger partial charge in [-0.3, -0.25) is 0 Å². The molecule has 1 fully saturated rings. The van der Waals surface area contributed by atoms with Crippen LogP contribution in [0.25, 0.3) is 0 Å². The molecule has 2 aromatic rings. The van der Waals surface area contributed by atoms with Crippen molar-refractivity contribution in [1.29, 1.82) is 0 Å². The summed E-state index contributed by atoms with van der Waals surface area (Å²) in [7, 11) is 0. The van der Waals surface area contributed by atoms with Crippen LogP contribution in [0, 0.1) is 6.92 Å². The summed E-state index contributed by atoms with van der Waals surface area (Å²) in [5.41, 5.74) is 1.19. The van der Waals surface area contributed by atoms with Gasteiger partial charge in [0, 0.05) is 0 Å². The molecule has 3 rings (SSSR count). The molecule has 0 spiro atoms. The van der Waals surface area contributed by atoms with E-state index in [1.165, 1.54) is 12.0 Å². The highest BCUT2D eigenvalue weighted by atomic mass is 16.5. The number of hydrogen-bond acceptors (Lipinski definition) is 5. The third-order valence-corrected chi connectivity index (χ3v) is 3.43. The summed E-state index contributed by atoms with van der Waals surface area (Å²) in [5, 5.41) is 7.39. The zero-order chi connectivity index (χ0) is 13.8. The van der Waals surface area contributed by atoms with E-state index in [2.05, 4.69) is 15.5 Å². The second-order valence-electron chi connectivity index (χ2n) is 5.11. The van der Waals surface area contributed by atoms with E-state index in [-0.39, 0.29) is 6.04 Å². The summed E-state index contributed by atoms with van der Waals surface area (Å²) in [6.07, 6.45) is 2.89. The van der Waals surface area contributed by atoms with Crippen LogP contribution >= 0.6 is 0 Å². The van der Waals surface area contributed by atoms with Crippen LogP contribution in [0.15, 0.2) is 28.8 Å². The molecule has 5 nitrogen and oxygen atoms in total. The molecule has 1 aromatic carbocycles. The van der Waals surface area contributed by atoms with Crippen molar-refractivity contribution in [2.75, 3.05) is 13.2 Å². The minimum Gasteiger partial charge on any atom is -0.493 e. The van der Waals surface area contributed by atoms with Gasteiger partial charge in [0.15, 0.2) is 5.82 Å². The Hall–Kier alpha value is -1.88. The molecule has 1 aromatic heterocycles. The quantitative estimate of drug-likeness (QED) is 0.906. The number of rotatable bonds is 5. The maximum atomic E-state index is 5.68. The van der Waals surface area contributed by atoms with Gasteiger partial charge in [0.1, 0.15) is 5.75 Å². The molecule has 2 heterocycles. The summed E-state index contributed by atoms with van der Waals surface area (Å²) in [5.74, 6) is 2.29. The molecule has 1 saturated heterocycles. The van der Waals surface area contributed by atoms with Crippen molar-refractivity contribution < 1.29 is 9.26 Å². The molecule has 20 heavy (non-hydrogen) atoms. The predicted octanol–water partition coefficient (Wildman–Crippen LogP) is 2.42. The monoisotopic (exact) mass is 273 g/mol. The van der Waals surface area contributed by atoms with Crippen molar-refractivity contribution in [2.24, 2.45) is 0 Å². The summed E-state index contributed by atoms with van der Waals surface area (Å²) >= 11 is 0. The fourth-order valence-corrected chi connectivity index (χ4v) is 2.38. The first kappa shape index (κ1) is 13.1. The molecule has 1 N–H and O–H groups in total. The van der Waals surface area contributed by atoms with E-state index < -0.39 is 0 Å². The average molecular weight is 273 g/mol. The molecule has 0 bridgehead atoms. The smallest absolute Gasteiger partial charge is 0.230 e. The van der Waals surface area contributed by atoms with Crippen molar-refractivity contribution in [3.05, 3.63) is 41.5 Å². The lowest BCUT2D eigenvalue weighted by atomic mass is 10.2. The SMILES string of the molecule is Cc1cccc(OCCc2nc(C3CCCN3)no2)c1. The number of nitrogens with zero attached hydrogens (tertiary/aromatic N) is 2. The predicted molar refractivity (Wildman–Crippen MR) is 74.7 cm³/mol. The zero-order valence-corrected chi connectivity index (χ0v) is 11.6. The van der Waals surface area contributed by atoms with E-state index in [0.717, 1.165) is 24.5 Å². The van der Waals surface area contributed by atoms with Gasteiger partial charge in [-0.2, -0.15) is 4.98 Å². The van der Waals surface area contributed by atoms with E-state index in [4.69, 9.17) is 9.26 Å². The van der Waals surface area contributed by atoms with Crippen LogP contribution in [0.1, 0.15) is 36.2 Å². The largest absolute Gasteiger partial charge is 0.493 e. The van der Waals surface area contributed by atoms with Gasteiger partial charge in [0.25, 0.3) is 0 Å². The third kappa shape index (κ3) is 3.17. The number of benzene rings is 1. The van der Waals surface area contributed by atoms with Gasteiger partial charge in [-0.25, -0.2) is 0 Å². The highest BCUT2D eigenvalue weighted by Crippen LogP contribution is 2.20. The fraction of sp³-hybridized carbons (Fsp3) is 0.467. The van der Waals surface area contributed by atoms with E-state index in [0.29, 0.717) is 18.9 Å². The standard InChI is InChI=1S/C15H19N3O2/c1-11-4-2-5-12(10-11)19-9-7-14-17-15(18-20-14)13-6-3-8-16-13/h2,4-5,10,13,16H,3,6-9H2,1H3. The molecule has 5 heteroatoms. The Balaban J connectivity index is 1.51. The fourth-order valence-electron chi connectivity index (χ4n) is 2.38. The molecule has 1 atom stereocenters. The van der Waals surface area contributed by atoms with Gasteiger partial charge in [-0.1, -0.05) is 17.3 Å². The Morgan fingerprint density at radius 2 is 2.40 bits per heavy atom. The van der Waals surface area contributed by atoms with Crippen LogP contribution in [0.3, 0.4) is 0 Å². The van der Waals surface area contributed by atoms with Gasteiger partial charge in [0.2, 0.25) is 5.89 Å². The number of hydrogen-bond donors (Lipinski definition) is 1. The van der Waals surface area contributed by atoms with E-state index >= 15 is 0 Å². The van der Waals surface area contributed by atoms with Crippen LogP contribution in [0.4, 0.5) is 0 Å². The first-order valence-electron chi connectivity index (χ1n) is 7.06. The summed E-state index contributed by atoms with van der Waals surface area (Å²) in [4.78, 5) is 4.42. The molecule has 1 aliphatic heterocycles. The van der Waals surface area contributed by atoms with E-state index in [1.807, 2.05) is 31.2 Å². The van der Waals surface area contributed by atoms with Crippen LogP contribution in [-0.4, -0.2) is 23.3 Å². The number of aromatic nitrogens is 2. The second-order valence-corrected chi connectivity index (χ2v) is 5.11. The van der Waals surface area contributed by atoms with Gasteiger partial charge in [-0.15, -0.1) is 0 Å². The molecule has 1 unspecified atom stereocenters. The molecular formula is C15H19N3O2. The molecule has 0 aliphatic carbocycles. The van der Waals surface area contributed by atoms with Gasteiger partial charge < -0.3 is 14.6 Å². The molecule has 106 valence electrons. The van der Waals surface area contributed by atoms with Crippen LogP contribution < -0.4 is 10.1 Å². The van der Waals surface area contributed by atoms with E-state index in [9.17, 15) is 0 Å². The van der Waals surface area contributed by atoms with Crippen molar-refractivity contribution in [3.63, 3.8) is 0 Å². The third-order valence-electron chi connectivity index (χ3n) is 3.43. The van der Waals surface area contributed by atoms with Crippen molar-refractivity contribution in [2.45, 2.75) is 32.2 Å². The molecule has 1 aliphatic rings. The topological polar surface area (TPSA) is 60.2 Å². The minimum absolute atomic E-state index is 0.255. The maximum Gasteiger partial charge on any atom is 0.230 e. The second kappa shape index (κ2) is 6.05. The van der Waals surface area contributed by atoms with Crippen LogP contribution in [0.2, 0.25) is 0 Å². The highest BCUT2D eigenvalue weighted by Gasteiger charge is 2.21. The molecule has 0 saturated carbocycles. The number of aryl methyl sites for hydroxylation is 1. The van der Waals surface area contributed by atoms with Crippen molar-refractivity contribution >= 4 is 0 Å². The summed E-state index contributed by atoms with van der Waals surface area (Å²) in [6.45, 7) is 3.62. The van der Waals surface area contributed by atoms with Crippen LogP contribution in [-0.2, 0) is 6.42 Å². The lowest BCUT2D eigenvalue weighted by Gasteiger charge is -2.04. The molecule has 0 radical (unpaired) electrons. The lowest BCUT2D eigenvalue weighted by Crippen LogP contribution is -2.14. The van der Waals surface area contributed by atoms with Gasteiger partial charge in [0.05, 0.1) is 19.1 Å². The Labute approximate surface area is 118 Å². The first-order chi connectivity index (χ1) is 9.81. The Bertz CT molecular complexity index is 562. The number of nitrogens with one attached hydrogen (secondary N) is 1.